The number of fused-ring (bicyclic) bond motifs is 3. The van der Waals surface area contributed by atoms with Crippen molar-refractivity contribution >= 4 is 28.4 Å². The first kappa shape index (κ1) is 29.7. The molecule has 0 saturated carbocycles. The minimum absolute atomic E-state index is 0.0509. The SMILES string of the molecule is COC(=O)[C@H](CCCNS(N)(=O)=O)N(C(=O)OCc1ccccc1)C(=O)OCC1c2ccccc2-c2ccccc21. The fourth-order valence-corrected chi connectivity index (χ4v) is 5.21. The predicted octanol–water partition coefficient (Wildman–Crippen LogP) is 3.69. The summed E-state index contributed by atoms with van der Waals surface area (Å²) < 4.78 is 40.5. The molecule has 0 bridgehead atoms. The number of amides is 2. The van der Waals surface area contributed by atoms with Gasteiger partial charge in [0.2, 0.25) is 0 Å². The summed E-state index contributed by atoms with van der Waals surface area (Å²) in [7, 11) is -2.86. The van der Waals surface area contributed by atoms with Gasteiger partial charge in [-0.25, -0.2) is 24.2 Å². The van der Waals surface area contributed by atoms with Crippen LogP contribution in [0.1, 0.15) is 35.4 Å². The second kappa shape index (κ2) is 13.4. The molecule has 1 aliphatic carbocycles. The topological polar surface area (TPSA) is 154 Å². The van der Waals surface area contributed by atoms with E-state index in [1.54, 1.807) is 30.3 Å². The van der Waals surface area contributed by atoms with Gasteiger partial charge in [-0.1, -0.05) is 78.9 Å². The van der Waals surface area contributed by atoms with Crippen LogP contribution in [-0.2, 0) is 35.8 Å². The summed E-state index contributed by atoms with van der Waals surface area (Å²) in [5.41, 5.74) is 4.66. The first-order valence-electron chi connectivity index (χ1n) is 12.9. The van der Waals surface area contributed by atoms with Gasteiger partial charge in [0.1, 0.15) is 19.3 Å². The lowest BCUT2D eigenvalue weighted by Crippen LogP contribution is -2.50. The number of imide groups is 1. The Labute approximate surface area is 238 Å². The Bertz CT molecular complexity index is 1450. The molecule has 11 nitrogen and oxygen atoms in total. The Kier molecular flexibility index (Phi) is 9.71. The van der Waals surface area contributed by atoms with E-state index in [1.807, 2.05) is 48.5 Å². The number of esters is 1. The Hall–Kier alpha value is -4.26. The Balaban J connectivity index is 1.55. The number of carbonyl (C=O) groups is 3. The van der Waals surface area contributed by atoms with E-state index in [9.17, 15) is 22.8 Å². The fraction of sp³-hybridized carbons (Fsp3) is 0.276. The van der Waals surface area contributed by atoms with Crippen molar-refractivity contribution in [1.82, 2.24) is 9.62 Å². The van der Waals surface area contributed by atoms with Crippen molar-refractivity contribution in [3.63, 3.8) is 0 Å². The summed E-state index contributed by atoms with van der Waals surface area (Å²) in [6, 6.07) is 22.9. The molecule has 0 spiro atoms. The number of hydrogen-bond acceptors (Lipinski definition) is 8. The first-order chi connectivity index (χ1) is 19.7. The van der Waals surface area contributed by atoms with Crippen LogP contribution in [0.25, 0.3) is 11.1 Å². The van der Waals surface area contributed by atoms with E-state index >= 15 is 0 Å². The summed E-state index contributed by atoms with van der Waals surface area (Å²) in [6.07, 6.45) is -2.30. The molecule has 3 aromatic rings. The second-order valence-corrected chi connectivity index (χ2v) is 10.7. The number of methoxy groups -OCH3 is 1. The maximum Gasteiger partial charge on any atom is 0.420 e. The molecular weight excluding hydrogens is 550 g/mol. The van der Waals surface area contributed by atoms with Gasteiger partial charge in [-0.05, 0) is 40.7 Å². The average molecular weight is 582 g/mol. The highest BCUT2D eigenvalue weighted by molar-refractivity contribution is 7.87. The van der Waals surface area contributed by atoms with Gasteiger partial charge in [0.25, 0.3) is 10.2 Å². The van der Waals surface area contributed by atoms with E-state index in [2.05, 4.69) is 4.72 Å². The quantitative estimate of drug-likeness (QED) is 0.197. The largest absolute Gasteiger partial charge is 0.467 e. The van der Waals surface area contributed by atoms with Crippen molar-refractivity contribution in [1.29, 1.82) is 0 Å². The second-order valence-electron chi connectivity index (χ2n) is 9.33. The standard InChI is InChI=1S/C29H31N3O8S/c1-38-27(33)26(16-9-17-31-41(30,36)37)32(28(34)39-18-20-10-3-2-4-11-20)29(35)40-19-25-23-14-7-5-12-21(23)22-13-6-8-15-24(22)25/h2-8,10-15,25-26,31H,9,16-19H2,1H3,(H2,30,36,37)/t26-/m0/s1. The summed E-state index contributed by atoms with van der Waals surface area (Å²) in [5, 5.41) is 4.97. The highest BCUT2D eigenvalue weighted by Gasteiger charge is 2.39. The normalized spacial score (nSPS) is 13.0. The van der Waals surface area contributed by atoms with Crippen LogP contribution >= 0.6 is 0 Å². The van der Waals surface area contributed by atoms with Gasteiger partial charge in [0.05, 0.1) is 7.11 Å². The minimum Gasteiger partial charge on any atom is -0.467 e. The molecule has 216 valence electrons. The lowest BCUT2D eigenvalue weighted by atomic mass is 9.98. The number of nitrogens with two attached hydrogens (primary N) is 1. The van der Waals surface area contributed by atoms with Gasteiger partial charge in [-0.3, -0.25) is 0 Å². The third kappa shape index (κ3) is 7.48. The zero-order valence-corrected chi connectivity index (χ0v) is 23.2. The molecule has 0 unspecified atom stereocenters. The van der Waals surface area contributed by atoms with Crippen LogP contribution < -0.4 is 9.86 Å². The van der Waals surface area contributed by atoms with Crippen molar-refractivity contribution in [2.45, 2.75) is 31.4 Å². The maximum absolute atomic E-state index is 13.5. The van der Waals surface area contributed by atoms with Crippen molar-refractivity contribution in [2.24, 2.45) is 5.14 Å². The van der Waals surface area contributed by atoms with Crippen LogP contribution in [0.3, 0.4) is 0 Å². The van der Waals surface area contributed by atoms with Crippen molar-refractivity contribution < 1.29 is 37.0 Å². The van der Waals surface area contributed by atoms with Crippen molar-refractivity contribution in [2.75, 3.05) is 20.3 Å². The van der Waals surface area contributed by atoms with E-state index in [0.717, 1.165) is 29.4 Å². The van der Waals surface area contributed by atoms with Crippen molar-refractivity contribution in [3.8, 4) is 11.1 Å². The van der Waals surface area contributed by atoms with Gasteiger partial charge in [-0.15, -0.1) is 0 Å². The number of carbonyl (C=O) groups excluding carboxylic acids is 3. The monoisotopic (exact) mass is 581 g/mol. The van der Waals surface area contributed by atoms with Crippen LogP contribution in [0.2, 0.25) is 0 Å². The van der Waals surface area contributed by atoms with Gasteiger partial charge >= 0.3 is 18.2 Å². The van der Waals surface area contributed by atoms with E-state index in [1.165, 1.54) is 0 Å². The van der Waals surface area contributed by atoms with Crippen LogP contribution in [0, 0.1) is 0 Å². The summed E-state index contributed by atoms with van der Waals surface area (Å²) in [5.74, 6) is -1.19. The molecular formula is C29H31N3O8S. The molecule has 3 aromatic carbocycles. The highest BCUT2D eigenvalue weighted by atomic mass is 32.2. The molecule has 0 fully saturated rings. The third-order valence-electron chi connectivity index (χ3n) is 6.68. The molecule has 0 radical (unpaired) electrons. The number of nitrogens with zero attached hydrogens (tertiary/aromatic N) is 1. The molecule has 1 atom stereocenters. The van der Waals surface area contributed by atoms with Gasteiger partial charge in [0.15, 0.2) is 0 Å². The zero-order valence-electron chi connectivity index (χ0n) is 22.4. The van der Waals surface area contributed by atoms with Crippen LogP contribution in [0.5, 0.6) is 0 Å². The van der Waals surface area contributed by atoms with Crippen LogP contribution in [0.4, 0.5) is 9.59 Å². The molecule has 0 aromatic heterocycles. The summed E-state index contributed by atoms with van der Waals surface area (Å²) in [4.78, 5) is 40.1. The highest BCUT2D eigenvalue weighted by Crippen LogP contribution is 2.44. The molecule has 1 aliphatic rings. The van der Waals surface area contributed by atoms with Crippen LogP contribution in [0.15, 0.2) is 78.9 Å². The lowest BCUT2D eigenvalue weighted by molar-refractivity contribution is -0.146. The molecule has 4 rings (SSSR count). The van der Waals surface area contributed by atoms with E-state index in [0.29, 0.717) is 10.5 Å². The lowest BCUT2D eigenvalue weighted by Gasteiger charge is -2.27. The van der Waals surface area contributed by atoms with E-state index in [4.69, 9.17) is 19.3 Å². The molecule has 3 N–H and O–H groups in total. The predicted molar refractivity (Wildman–Crippen MR) is 150 cm³/mol. The smallest absolute Gasteiger partial charge is 0.420 e. The summed E-state index contributed by atoms with van der Waals surface area (Å²) >= 11 is 0. The number of rotatable bonds is 11. The molecule has 0 saturated heterocycles. The average Bonchev–Trinajstić information content (AvgIpc) is 3.29. The van der Waals surface area contributed by atoms with Gasteiger partial charge in [-0.2, -0.15) is 13.3 Å². The molecule has 0 aliphatic heterocycles. The Morgan fingerprint density at radius 2 is 1.44 bits per heavy atom. The number of nitrogens with one attached hydrogen (secondary N) is 1. The first-order valence-corrected chi connectivity index (χ1v) is 14.4. The summed E-state index contributed by atoms with van der Waals surface area (Å²) in [6.45, 7) is -0.395. The molecule has 2 amide bonds. The fourth-order valence-electron chi connectivity index (χ4n) is 4.78. The third-order valence-corrected chi connectivity index (χ3v) is 7.28. The van der Waals surface area contributed by atoms with Crippen LogP contribution in [-0.4, -0.2) is 57.8 Å². The molecule has 41 heavy (non-hydrogen) atoms. The number of hydrogen-bond donors (Lipinski definition) is 2. The van der Waals surface area contributed by atoms with Gasteiger partial charge < -0.3 is 14.2 Å². The zero-order chi connectivity index (χ0) is 29.4. The Morgan fingerprint density at radius 3 is 2.02 bits per heavy atom. The van der Waals surface area contributed by atoms with E-state index < -0.39 is 34.4 Å². The molecule has 12 heteroatoms. The minimum atomic E-state index is -3.97. The number of ether oxygens (including phenoxy) is 3. The Morgan fingerprint density at radius 1 is 0.878 bits per heavy atom. The van der Waals surface area contributed by atoms with E-state index in [-0.39, 0.29) is 38.5 Å². The van der Waals surface area contributed by atoms with Crippen molar-refractivity contribution in [3.05, 3.63) is 95.6 Å². The maximum atomic E-state index is 13.5. The van der Waals surface area contributed by atoms with Gasteiger partial charge in [0, 0.05) is 12.5 Å². The molecule has 0 heterocycles. The number of benzene rings is 3.